The highest BCUT2D eigenvalue weighted by atomic mass is 32.2. The molecule has 0 atom stereocenters. The highest BCUT2D eigenvalue weighted by Gasteiger charge is 2.30. The van der Waals surface area contributed by atoms with Gasteiger partial charge in [-0.25, -0.2) is 18.1 Å². The zero-order chi connectivity index (χ0) is 22.9. The number of rotatable bonds is 6. The van der Waals surface area contributed by atoms with Crippen molar-refractivity contribution >= 4 is 21.1 Å². The lowest BCUT2D eigenvalue weighted by atomic mass is 10.1. The summed E-state index contributed by atoms with van der Waals surface area (Å²) in [6.45, 7) is 0.0279. The maximum absolute atomic E-state index is 12.7. The minimum Gasteiger partial charge on any atom is -0.486 e. The predicted octanol–water partition coefficient (Wildman–Crippen LogP) is 4.74. The molecule has 32 heavy (non-hydrogen) atoms. The van der Waals surface area contributed by atoms with Crippen LogP contribution in [0.2, 0.25) is 0 Å². The first-order valence-electron chi connectivity index (χ1n) is 9.49. The van der Waals surface area contributed by atoms with Gasteiger partial charge in [0.2, 0.25) is 10.0 Å². The fraction of sp³-hybridized carbons (Fsp3) is 0.136. The number of benzene rings is 3. The molecule has 3 aromatic carbocycles. The molecular weight excluding hydrogens is 443 g/mol. The lowest BCUT2D eigenvalue weighted by Gasteiger charge is -2.09. The van der Waals surface area contributed by atoms with E-state index in [9.17, 15) is 21.6 Å². The number of halogens is 3. The van der Waals surface area contributed by atoms with Gasteiger partial charge >= 0.3 is 6.18 Å². The molecule has 0 saturated carbocycles. The van der Waals surface area contributed by atoms with Crippen LogP contribution >= 0.6 is 0 Å². The Hall–Kier alpha value is -3.37. The molecule has 0 radical (unpaired) electrons. The molecule has 0 unspecified atom stereocenters. The Kier molecular flexibility index (Phi) is 5.66. The Labute approximate surface area is 182 Å². The zero-order valence-electron chi connectivity index (χ0n) is 16.8. The Morgan fingerprint density at radius 2 is 1.75 bits per heavy atom. The summed E-state index contributed by atoms with van der Waals surface area (Å²) < 4.78 is 70.5. The molecule has 1 heterocycles. The molecule has 0 spiro atoms. The highest BCUT2D eigenvalue weighted by Crippen LogP contribution is 2.31. The van der Waals surface area contributed by atoms with E-state index >= 15 is 0 Å². The van der Waals surface area contributed by atoms with Crippen LogP contribution in [0, 0.1) is 0 Å². The first kappa shape index (κ1) is 21.8. The molecule has 0 bridgehead atoms. The number of nitrogens with one attached hydrogen (secondary N) is 2. The van der Waals surface area contributed by atoms with Crippen molar-refractivity contribution in [3.63, 3.8) is 0 Å². The second kappa shape index (κ2) is 8.29. The smallest absolute Gasteiger partial charge is 0.416 e. The summed E-state index contributed by atoms with van der Waals surface area (Å²) in [5.41, 5.74) is 1.78. The molecule has 10 heteroatoms. The third-order valence-electron chi connectivity index (χ3n) is 4.85. The van der Waals surface area contributed by atoms with Gasteiger partial charge in [-0.15, -0.1) is 0 Å². The molecule has 0 fully saturated rings. The Balaban J connectivity index is 1.57. The fourth-order valence-electron chi connectivity index (χ4n) is 3.24. The van der Waals surface area contributed by atoms with E-state index in [1.807, 2.05) is 0 Å². The summed E-state index contributed by atoms with van der Waals surface area (Å²) in [6, 6.07) is 16.4. The van der Waals surface area contributed by atoms with E-state index in [1.165, 1.54) is 25.2 Å². The molecule has 0 amide bonds. The zero-order valence-corrected chi connectivity index (χ0v) is 17.6. The van der Waals surface area contributed by atoms with Gasteiger partial charge in [0.1, 0.15) is 18.2 Å². The summed E-state index contributed by atoms with van der Waals surface area (Å²) in [5.74, 6) is 0.763. The molecule has 6 nitrogen and oxygen atoms in total. The maximum atomic E-state index is 12.7. The first-order valence-corrected chi connectivity index (χ1v) is 11.0. The molecule has 0 aliphatic carbocycles. The molecule has 4 rings (SSSR count). The third-order valence-corrected chi connectivity index (χ3v) is 6.32. The SMILES string of the molecule is CNS(=O)(=O)c1ccccc1-c1ccc2[nH]c(COc3ccc(C(F)(F)F)cc3)nc2c1. The van der Waals surface area contributed by atoms with Gasteiger partial charge < -0.3 is 9.72 Å². The van der Waals surface area contributed by atoms with Gasteiger partial charge in [-0.2, -0.15) is 13.2 Å². The molecular formula is C22H18F3N3O3S. The van der Waals surface area contributed by atoms with Gasteiger partial charge in [-0.3, -0.25) is 0 Å². The van der Waals surface area contributed by atoms with E-state index in [0.717, 1.165) is 12.1 Å². The highest BCUT2D eigenvalue weighted by molar-refractivity contribution is 7.89. The third kappa shape index (κ3) is 4.46. The predicted molar refractivity (Wildman–Crippen MR) is 114 cm³/mol. The molecule has 166 valence electrons. The number of hydrogen-bond donors (Lipinski definition) is 2. The van der Waals surface area contributed by atoms with E-state index in [-0.39, 0.29) is 17.3 Å². The van der Waals surface area contributed by atoms with Crippen molar-refractivity contribution in [2.45, 2.75) is 17.7 Å². The van der Waals surface area contributed by atoms with E-state index in [4.69, 9.17) is 4.74 Å². The van der Waals surface area contributed by atoms with Crippen LogP contribution in [0.25, 0.3) is 22.2 Å². The van der Waals surface area contributed by atoms with Gasteiger partial charge in [0.05, 0.1) is 21.5 Å². The summed E-state index contributed by atoms with van der Waals surface area (Å²) in [4.78, 5) is 7.70. The number of aromatic nitrogens is 2. The van der Waals surface area contributed by atoms with E-state index < -0.39 is 21.8 Å². The van der Waals surface area contributed by atoms with E-state index in [1.54, 1.807) is 36.4 Å². The van der Waals surface area contributed by atoms with Gasteiger partial charge in [0.25, 0.3) is 0 Å². The van der Waals surface area contributed by atoms with Crippen molar-refractivity contribution < 1.29 is 26.3 Å². The van der Waals surface area contributed by atoms with Gasteiger partial charge in [0, 0.05) is 5.56 Å². The Bertz CT molecular complexity index is 1360. The number of aromatic amines is 1. The maximum Gasteiger partial charge on any atom is 0.416 e. The van der Waals surface area contributed by atoms with E-state index in [0.29, 0.717) is 28.0 Å². The number of sulfonamides is 1. The average molecular weight is 461 g/mol. The molecule has 2 N–H and O–H groups in total. The van der Waals surface area contributed by atoms with Gasteiger partial charge in [0.15, 0.2) is 0 Å². The first-order chi connectivity index (χ1) is 15.2. The van der Waals surface area contributed by atoms with Crippen molar-refractivity contribution in [2.75, 3.05) is 7.05 Å². The summed E-state index contributed by atoms with van der Waals surface area (Å²) in [5, 5.41) is 0. The number of alkyl halides is 3. The molecule has 1 aromatic heterocycles. The second-order valence-corrected chi connectivity index (χ2v) is 8.78. The van der Waals surface area contributed by atoms with Crippen molar-refractivity contribution in [1.82, 2.24) is 14.7 Å². The van der Waals surface area contributed by atoms with Crippen LogP contribution in [-0.4, -0.2) is 25.4 Å². The number of hydrogen-bond acceptors (Lipinski definition) is 4. The lowest BCUT2D eigenvalue weighted by Crippen LogP contribution is -2.19. The second-order valence-electron chi connectivity index (χ2n) is 6.93. The standard InChI is InChI=1S/C22H18F3N3O3S/c1-26-32(29,30)20-5-3-2-4-17(20)14-6-11-18-19(12-14)28-21(27-18)13-31-16-9-7-15(8-10-16)22(23,24)25/h2-12,26H,13H2,1H3,(H,27,28). The lowest BCUT2D eigenvalue weighted by molar-refractivity contribution is -0.137. The van der Waals surface area contributed by atoms with Crippen LogP contribution in [-0.2, 0) is 22.8 Å². The number of H-pyrrole nitrogens is 1. The van der Waals surface area contributed by atoms with E-state index in [2.05, 4.69) is 14.7 Å². The van der Waals surface area contributed by atoms with Crippen LogP contribution in [0.1, 0.15) is 11.4 Å². The number of imidazole rings is 1. The Morgan fingerprint density at radius 1 is 1.03 bits per heavy atom. The number of nitrogens with zero attached hydrogens (tertiary/aromatic N) is 1. The minimum absolute atomic E-state index is 0.0279. The molecule has 0 saturated heterocycles. The van der Waals surface area contributed by atoms with Crippen LogP contribution < -0.4 is 9.46 Å². The van der Waals surface area contributed by atoms with Gasteiger partial charge in [-0.05, 0) is 55.1 Å². The molecule has 4 aromatic rings. The van der Waals surface area contributed by atoms with Crippen LogP contribution in [0.4, 0.5) is 13.2 Å². The van der Waals surface area contributed by atoms with Crippen LogP contribution in [0.5, 0.6) is 5.75 Å². The topological polar surface area (TPSA) is 84.1 Å². The monoisotopic (exact) mass is 461 g/mol. The fourth-order valence-corrected chi connectivity index (χ4v) is 4.19. The molecule has 0 aliphatic rings. The normalized spacial score (nSPS) is 12.2. The Morgan fingerprint density at radius 3 is 2.44 bits per heavy atom. The summed E-state index contributed by atoms with van der Waals surface area (Å²) in [6.07, 6.45) is -4.40. The van der Waals surface area contributed by atoms with Crippen molar-refractivity contribution in [3.05, 3.63) is 78.1 Å². The average Bonchev–Trinajstić information content (AvgIpc) is 3.19. The number of ether oxygens (including phenoxy) is 1. The van der Waals surface area contributed by atoms with Crippen molar-refractivity contribution in [2.24, 2.45) is 0 Å². The largest absolute Gasteiger partial charge is 0.486 e. The molecule has 0 aliphatic heterocycles. The van der Waals surface area contributed by atoms with Crippen LogP contribution in [0.15, 0.2) is 71.6 Å². The number of fused-ring (bicyclic) bond motifs is 1. The van der Waals surface area contributed by atoms with Crippen LogP contribution in [0.3, 0.4) is 0 Å². The van der Waals surface area contributed by atoms with Crippen molar-refractivity contribution in [1.29, 1.82) is 0 Å². The quantitative estimate of drug-likeness (QED) is 0.435. The summed E-state index contributed by atoms with van der Waals surface area (Å²) in [7, 11) is -2.29. The van der Waals surface area contributed by atoms with Gasteiger partial charge in [-0.1, -0.05) is 24.3 Å². The minimum atomic E-state index is -4.40. The summed E-state index contributed by atoms with van der Waals surface area (Å²) >= 11 is 0. The van der Waals surface area contributed by atoms with Crippen molar-refractivity contribution in [3.8, 4) is 16.9 Å².